The van der Waals surface area contributed by atoms with Gasteiger partial charge in [0.25, 0.3) is 0 Å². The maximum Gasteiger partial charge on any atom is 0.231 e. The van der Waals surface area contributed by atoms with Crippen LogP contribution in [0.25, 0.3) is 0 Å². The van der Waals surface area contributed by atoms with Gasteiger partial charge in [-0.3, -0.25) is 14.6 Å². The molecule has 0 saturated heterocycles. The zero-order chi connectivity index (χ0) is 10.6. The third-order valence-electron chi connectivity index (χ3n) is 1.45. The quantitative estimate of drug-likeness (QED) is 0.776. The zero-order valence-corrected chi connectivity index (χ0v) is 8.34. The number of ketones is 1. The molecule has 0 fully saturated rings. The van der Waals surface area contributed by atoms with Crippen LogP contribution in [-0.4, -0.2) is 16.7 Å². The number of carbonyl (C=O) groups is 2. The van der Waals surface area contributed by atoms with E-state index in [1.165, 1.54) is 19.3 Å². The Hall–Kier alpha value is -1.42. The van der Waals surface area contributed by atoms with Crippen LogP contribution < -0.4 is 5.32 Å². The summed E-state index contributed by atoms with van der Waals surface area (Å²) in [6.07, 6.45) is 2.80. The predicted molar refractivity (Wildman–Crippen MR) is 53.2 cm³/mol. The van der Waals surface area contributed by atoms with Gasteiger partial charge >= 0.3 is 0 Å². The Labute approximate surface area is 86.3 Å². The summed E-state index contributed by atoms with van der Waals surface area (Å²) in [5, 5.41) is 2.89. The molecule has 0 aromatic carbocycles. The van der Waals surface area contributed by atoms with Gasteiger partial charge in [-0.25, -0.2) is 0 Å². The molecule has 0 unspecified atom stereocenters. The van der Waals surface area contributed by atoms with E-state index >= 15 is 0 Å². The van der Waals surface area contributed by atoms with Crippen LogP contribution in [0.5, 0.6) is 0 Å². The average molecular weight is 213 g/mol. The van der Waals surface area contributed by atoms with Crippen LogP contribution in [0.4, 0.5) is 5.69 Å². The fourth-order valence-corrected chi connectivity index (χ4v) is 1.04. The summed E-state index contributed by atoms with van der Waals surface area (Å²) >= 11 is 5.77. The van der Waals surface area contributed by atoms with Gasteiger partial charge in [0.05, 0.1) is 23.3 Å². The minimum absolute atomic E-state index is 0.148. The number of nitrogens with one attached hydrogen (secondary N) is 1. The molecular formula is C9H9ClN2O2. The smallest absolute Gasteiger partial charge is 0.231 e. The van der Waals surface area contributed by atoms with Crippen molar-refractivity contribution in [3.63, 3.8) is 0 Å². The number of Topliss-reactive ketones (excluding diaryl/α,β-unsaturated/α-hetero) is 1. The lowest BCUT2D eigenvalue weighted by molar-refractivity contribution is -0.124. The SMILES string of the molecule is CC(=O)CC(=O)Nc1cnccc1Cl. The molecule has 1 aromatic rings. The molecule has 1 heterocycles. The van der Waals surface area contributed by atoms with Gasteiger partial charge in [-0.2, -0.15) is 0 Å². The van der Waals surface area contributed by atoms with Crippen molar-refractivity contribution in [1.82, 2.24) is 4.98 Å². The van der Waals surface area contributed by atoms with Crippen LogP contribution in [0.1, 0.15) is 13.3 Å². The van der Waals surface area contributed by atoms with Crippen LogP contribution in [0, 0.1) is 0 Å². The molecule has 0 spiro atoms. The van der Waals surface area contributed by atoms with Crippen molar-refractivity contribution in [2.45, 2.75) is 13.3 Å². The van der Waals surface area contributed by atoms with Gasteiger partial charge < -0.3 is 5.32 Å². The molecule has 4 nitrogen and oxygen atoms in total. The molecule has 1 amide bonds. The van der Waals surface area contributed by atoms with Gasteiger partial charge in [0, 0.05) is 6.20 Å². The topological polar surface area (TPSA) is 59.1 Å². The van der Waals surface area contributed by atoms with Gasteiger partial charge in [-0.05, 0) is 13.0 Å². The number of pyridine rings is 1. The second kappa shape index (κ2) is 4.72. The van der Waals surface area contributed by atoms with Gasteiger partial charge in [0.1, 0.15) is 5.78 Å². The normalized spacial score (nSPS) is 9.57. The molecule has 14 heavy (non-hydrogen) atoms. The first-order chi connectivity index (χ1) is 6.59. The van der Waals surface area contributed by atoms with Crippen LogP contribution in [-0.2, 0) is 9.59 Å². The summed E-state index contributed by atoms with van der Waals surface area (Å²) in [7, 11) is 0. The predicted octanol–water partition coefficient (Wildman–Crippen LogP) is 1.65. The number of hydrogen-bond acceptors (Lipinski definition) is 3. The van der Waals surface area contributed by atoms with E-state index in [2.05, 4.69) is 10.3 Å². The second-order valence-electron chi connectivity index (χ2n) is 2.78. The lowest BCUT2D eigenvalue weighted by atomic mass is 10.3. The third kappa shape index (κ3) is 3.14. The molecule has 0 aliphatic carbocycles. The first-order valence-corrected chi connectivity index (χ1v) is 4.36. The molecule has 0 saturated carbocycles. The Bertz CT molecular complexity index is 366. The molecule has 0 radical (unpaired) electrons. The number of anilines is 1. The summed E-state index contributed by atoms with van der Waals surface area (Å²) < 4.78 is 0. The third-order valence-corrected chi connectivity index (χ3v) is 1.78. The van der Waals surface area contributed by atoms with Gasteiger partial charge in [0.2, 0.25) is 5.91 Å². The maximum atomic E-state index is 11.2. The van der Waals surface area contributed by atoms with Crippen molar-refractivity contribution in [3.05, 3.63) is 23.5 Å². The molecule has 0 aliphatic rings. The van der Waals surface area contributed by atoms with E-state index in [1.54, 1.807) is 6.07 Å². The summed E-state index contributed by atoms with van der Waals surface area (Å²) in [5.74, 6) is -0.574. The highest BCUT2D eigenvalue weighted by molar-refractivity contribution is 6.33. The van der Waals surface area contributed by atoms with Crippen molar-refractivity contribution in [1.29, 1.82) is 0 Å². The van der Waals surface area contributed by atoms with E-state index in [9.17, 15) is 9.59 Å². The number of aromatic nitrogens is 1. The highest BCUT2D eigenvalue weighted by Gasteiger charge is 2.07. The minimum Gasteiger partial charge on any atom is -0.323 e. The Kier molecular flexibility index (Phi) is 3.59. The van der Waals surface area contributed by atoms with Gasteiger partial charge in [-0.1, -0.05) is 11.6 Å². The Morgan fingerprint density at radius 3 is 2.86 bits per heavy atom. The van der Waals surface area contributed by atoms with Gasteiger partial charge in [-0.15, -0.1) is 0 Å². The van der Waals surface area contributed by atoms with Crippen LogP contribution in [0.3, 0.4) is 0 Å². The Morgan fingerprint density at radius 1 is 1.57 bits per heavy atom. The van der Waals surface area contributed by atoms with Crippen LogP contribution in [0.2, 0.25) is 5.02 Å². The maximum absolute atomic E-state index is 11.2. The van der Waals surface area contributed by atoms with Crippen LogP contribution >= 0.6 is 11.6 Å². The van der Waals surface area contributed by atoms with Crippen molar-refractivity contribution >= 4 is 29.0 Å². The highest BCUT2D eigenvalue weighted by Crippen LogP contribution is 2.18. The minimum atomic E-state index is -0.382. The van der Waals surface area contributed by atoms with Crippen molar-refractivity contribution < 1.29 is 9.59 Å². The molecule has 0 bridgehead atoms. The first kappa shape index (κ1) is 10.7. The standard InChI is InChI=1S/C9H9ClN2O2/c1-6(13)4-9(14)12-8-5-11-3-2-7(8)10/h2-3,5H,4H2,1H3,(H,12,14). The molecule has 1 rings (SSSR count). The average Bonchev–Trinajstić information content (AvgIpc) is 2.07. The monoisotopic (exact) mass is 212 g/mol. The van der Waals surface area contributed by atoms with E-state index < -0.39 is 0 Å². The van der Waals surface area contributed by atoms with Crippen molar-refractivity contribution in [3.8, 4) is 0 Å². The number of rotatable bonds is 3. The van der Waals surface area contributed by atoms with Crippen molar-refractivity contribution in [2.75, 3.05) is 5.32 Å². The number of hydrogen-bond donors (Lipinski definition) is 1. The first-order valence-electron chi connectivity index (χ1n) is 3.98. The molecule has 1 N–H and O–H groups in total. The van der Waals surface area contributed by atoms with E-state index in [4.69, 9.17) is 11.6 Å². The molecule has 5 heteroatoms. The number of halogens is 1. The molecule has 74 valence electrons. The van der Waals surface area contributed by atoms with E-state index in [-0.39, 0.29) is 18.1 Å². The van der Waals surface area contributed by atoms with E-state index in [1.807, 2.05) is 0 Å². The Balaban J connectivity index is 2.65. The zero-order valence-electron chi connectivity index (χ0n) is 7.58. The van der Waals surface area contributed by atoms with E-state index in [0.717, 1.165) is 0 Å². The molecule has 0 atom stereocenters. The highest BCUT2D eigenvalue weighted by atomic mass is 35.5. The summed E-state index contributed by atoms with van der Waals surface area (Å²) in [6.45, 7) is 1.35. The fourth-order valence-electron chi connectivity index (χ4n) is 0.890. The summed E-state index contributed by atoms with van der Waals surface area (Å²) in [4.78, 5) is 25.6. The number of carbonyl (C=O) groups excluding carboxylic acids is 2. The summed E-state index contributed by atoms with van der Waals surface area (Å²) in [5.41, 5.74) is 0.417. The molecule has 0 aliphatic heterocycles. The molecule has 1 aromatic heterocycles. The number of nitrogens with zero attached hydrogens (tertiary/aromatic N) is 1. The fraction of sp³-hybridized carbons (Fsp3) is 0.222. The Morgan fingerprint density at radius 2 is 2.29 bits per heavy atom. The van der Waals surface area contributed by atoms with Gasteiger partial charge in [0.15, 0.2) is 0 Å². The second-order valence-corrected chi connectivity index (χ2v) is 3.19. The number of amides is 1. The van der Waals surface area contributed by atoms with E-state index in [0.29, 0.717) is 10.7 Å². The lowest BCUT2D eigenvalue weighted by Crippen LogP contribution is -2.15. The molecular weight excluding hydrogens is 204 g/mol. The lowest BCUT2D eigenvalue weighted by Gasteiger charge is -2.04. The van der Waals surface area contributed by atoms with Crippen molar-refractivity contribution in [2.24, 2.45) is 0 Å². The summed E-state index contributed by atoms with van der Waals surface area (Å²) in [6, 6.07) is 1.56. The van der Waals surface area contributed by atoms with Crippen LogP contribution in [0.15, 0.2) is 18.5 Å². The largest absolute Gasteiger partial charge is 0.323 e.